The van der Waals surface area contributed by atoms with Crippen LogP contribution in [0.2, 0.25) is 0 Å². The van der Waals surface area contributed by atoms with E-state index in [0.717, 1.165) is 0 Å². The second kappa shape index (κ2) is 4.83. The highest BCUT2D eigenvalue weighted by Gasteiger charge is 2.18. The SMILES string of the molecule is CC(C)(C)COc1ccc(C#N)cc1[N+](=O)[O-]. The highest BCUT2D eigenvalue weighted by molar-refractivity contribution is 5.51. The molecule has 17 heavy (non-hydrogen) atoms. The monoisotopic (exact) mass is 234 g/mol. The van der Waals surface area contributed by atoms with Crippen molar-refractivity contribution in [1.82, 2.24) is 0 Å². The molecule has 0 saturated carbocycles. The molecule has 0 amide bonds. The van der Waals surface area contributed by atoms with Gasteiger partial charge >= 0.3 is 5.69 Å². The summed E-state index contributed by atoms with van der Waals surface area (Å²) in [6.45, 7) is 6.30. The normalized spacial score (nSPS) is 10.7. The summed E-state index contributed by atoms with van der Waals surface area (Å²) in [6.07, 6.45) is 0. The first-order valence-corrected chi connectivity index (χ1v) is 5.15. The zero-order valence-electron chi connectivity index (χ0n) is 10.1. The number of nitriles is 1. The van der Waals surface area contributed by atoms with E-state index in [9.17, 15) is 10.1 Å². The van der Waals surface area contributed by atoms with Gasteiger partial charge in [0, 0.05) is 6.07 Å². The van der Waals surface area contributed by atoms with E-state index >= 15 is 0 Å². The molecular formula is C12H14N2O3. The van der Waals surface area contributed by atoms with E-state index in [0.29, 0.717) is 6.61 Å². The molecule has 0 aliphatic rings. The first kappa shape index (κ1) is 13.0. The summed E-state index contributed by atoms with van der Waals surface area (Å²) < 4.78 is 5.41. The van der Waals surface area contributed by atoms with Crippen LogP contribution in [-0.4, -0.2) is 11.5 Å². The maximum absolute atomic E-state index is 10.8. The summed E-state index contributed by atoms with van der Waals surface area (Å²) in [4.78, 5) is 10.3. The third-order valence-electron chi connectivity index (χ3n) is 1.95. The van der Waals surface area contributed by atoms with Gasteiger partial charge in [0.25, 0.3) is 0 Å². The van der Waals surface area contributed by atoms with E-state index in [1.807, 2.05) is 26.8 Å². The van der Waals surface area contributed by atoms with E-state index in [1.54, 1.807) is 0 Å². The number of nitro benzene ring substituents is 1. The number of nitrogens with zero attached hydrogens (tertiary/aromatic N) is 2. The Morgan fingerprint density at radius 1 is 1.47 bits per heavy atom. The van der Waals surface area contributed by atoms with Crippen molar-refractivity contribution in [2.75, 3.05) is 6.61 Å². The lowest BCUT2D eigenvalue weighted by Crippen LogP contribution is -2.17. The van der Waals surface area contributed by atoms with Crippen LogP contribution in [-0.2, 0) is 0 Å². The Hall–Kier alpha value is -2.09. The molecule has 5 heteroatoms. The predicted octanol–water partition coefficient (Wildman–Crippen LogP) is 2.89. The summed E-state index contributed by atoms with van der Waals surface area (Å²) >= 11 is 0. The van der Waals surface area contributed by atoms with Gasteiger partial charge in [0.2, 0.25) is 0 Å². The molecule has 0 N–H and O–H groups in total. The van der Waals surface area contributed by atoms with E-state index < -0.39 is 4.92 Å². The molecule has 5 nitrogen and oxygen atoms in total. The smallest absolute Gasteiger partial charge is 0.312 e. The molecule has 0 saturated heterocycles. The fraction of sp³-hybridized carbons (Fsp3) is 0.417. The summed E-state index contributed by atoms with van der Waals surface area (Å²) in [5, 5.41) is 19.5. The fourth-order valence-electron chi connectivity index (χ4n) is 1.15. The number of nitro groups is 1. The van der Waals surface area contributed by atoms with Crippen molar-refractivity contribution in [3.63, 3.8) is 0 Å². The minimum atomic E-state index is -0.543. The first-order chi connectivity index (χ1) is 7.83. The average molecular weight is 234 g/mol. The summed E-state index contributed by atoms with van der Waals surface area (Å²) in [6, 6.07) is 6.05. The molecule has 0 unspecified atom stereocenters. The van der Waals surface area contributed by atoms with Gasteiger partial charge in [-0.3, -0.25) is 10.1 Å². The molecular weight excluding hydrogens is 220 g/mol. The van der Waals surface area contributed by atoms with Crippen molar-refractivity contribution in [3.05, 3.63) is 33.9 Å². The first-order valence-electron chi connectivity index (χ1n) is 5.15. The molecule has 0 heterocycles. The van der Waals surface area contributed by atoms with E-state index in [2.05, 4.69) is 0 Å². The van der Waals surface area contributed by atoms with Gasteiger partial charge in [-0.25, -0.2) is 0 Å². The van der Waals surface area contributed by atoms with Crippen LogP contribution in [0.15, 0.2) is 18.2 Å². The molecule has 0 atom stereocenters. The van der Waals surface area contributed by atoms with Crippen LogP contribution in [0.25, 0.3) is 0 Å². The lowest BCUT2D eigenvalue weighted by molar-refractivity contribution is -0.386. The molecule has 1 aromatic rings. The Morgan fingerprint density at radius 3 is 2.59 bits per heavy atom. The van der Waals surface area contributed by atoms with Crippen LogP contribution < -0.4 is 4.74 Å². The molecule has 0 aromatic heterocycles. The van der Waals surface area contributed by atoms with Crippen LogP contribution in [0, 0.1) is 26.9 Å². The number of benzene rings is 1. The molecule has 0 spiro atoms. The fourth-order valence-corrected chi connectivity index (χ4v) is 1.15. The van der Waals surface area contributed by atoms with Gasteiger partial charge in [-0.2, -0.15) is 5.26 Å². The number of hydrogen-bond acceptors (Lipinski definition) is 4. The molecule has 0 aliphatic heterocycles. The second-order valence-corrected chi connectivity index (χ2v) is 4.90. The van der Waals surface area contributed by atoms with Crippen LogP contribution in [0.5, 0.6) is 5.75 Å². The number of rotatable bonds is 3. The Labute approximate surface area is 99.8 Å². The Bertz CT molecular complexity index is 470. The van der Waals surface area contributed by atoms with Crippen molar-refractivity contribution in [2.24, 2.45) is 5.41 Å². The largest absolute Gasteiger partial charge is 0.486 e. The minimum absolute atomic E-state index is 0.0816. The van der Waals surface area contributed by atoms with Gasteiger partial charge in [-0.15, -0.1) is 0 Å². The maximum atomic E-state index is 10.8. The molecule has 0 fully saturated rings. The van der Waals surface area contributed by atoms with Gasteiger partial charge < -0.3 is 4.74 Å². The van der Waals surface area contributed by atoms with Crippen LogP contribution in [0.1, 0.15) is 26.3 Å². The predicted molar refractivity (Wildman–Crippen MR) is 62.8 cm³/mol. The van der Waals surface area contributed by atoms with E-state index in [1.165, 1.54) is 18.2 Å². The van der Waals surface area contributed by atoms with Crippen molar-refractivity contribution in [2.45, 2.75) is 20.8 Å². The highest BCUT2D eigenvalue weighted by Crippen LogP contribution is 2.29. The Balaban J connectivity index is 3.00. The van der Waals surface area contributed by atoms with Crippen molar-refractivity contribution in [1.29, 1.82) is 5.26 Å². The summed E-state index contributed by atoms with van der Waals surface area (Å²) in [7, 11) is 0. The van der Waals surface area contributed by atoms with Crippen molar-refractivity contribution >= 4 is 5.69 Å². The molecule has 90 valence electrons. The van der Waals surface area contributed by atoms with E-state index in [-0.39, 0.29) is 22.4 Å². The van der Waals surface area contributed by atoms with Crippen molar-refractivity contribution in [3.8, 4) is 11.8 Å². The molecule has 1 aromatic carbocycles. The van der Waals surface area contributed by atoms with E-state index in [4.69, 9.17) is 10.00 Å². The van der Waals surface area contributed by atoms with Gasteiger partial charge in [-0.1, -0.05) is 20.8 Å². The average Bonchev–Trinajstić information content (AvgIpc) is 2.25. The van der Waals surface area contributed by atoms with Gasteiger partial charge in [0.05, 0.1) is 23.2 Å². The van der Waals surface area contributed by atoms with Crippen LogP contribution in [0.4, 0.5) is 5.69 Å². The van der Waals surface area contributed by atoms with Crippen LogP contribution >= 0.6 is 0 Å². The van der Waals surface area contributed by atoms with Gasteiger partial charge in [0.15, 0.2) is 5.75 Å². The molecule has 0 aliphatic carbocycles. The highest BCUT2D eigenvalue weighted by atomic mass is 16.6. The third kappa shape index (κ3) is 3.76. The topological polar surface area (TPSA) is 76.2 Å². The summed E-state index contributed by atoms with van der Waals surface area (Å²) in [5.74, 6) is 0.198. The lowest BCUT2D eigenvalue weighted by atomic mass is 9.99. The number of hydrogen-bond donors (Lipinski definition) is 0. The Morgan fingerprint density at radius 2 is 2.12 bits per heavy atom. The van der Waals surface area contributed by atoms with Crippen molar-refractivity contribution < 1.29 is 9.66 Å². The second-order valence-electron chi connectivity index (χ2n) is 4.90. The van der Waals surface area contributed by atoms with Gasteiger partial charge in [-0.05, 0) is 17.5 Å². The maximum Gasteiger partial charge on any atom is 0.312 e. The standard InChI is InChI=1S/C12H14N2O3/c1-12(2,3)8-17-11-5-4-9(7-13)6-10(11)14(15)16/h4-6H,8H2,1-3H3. The molecule has 0 radical (unpaired) electrons. The molecule has 0 bridgehead atoms. The zero-order valence-corrected chi connectivity index (χ0v) is 10.1. The number of ether oxygens (including phenoxy) is 1. The van der Waals surface area contributed by atoms with Gasteiger partial charge in [0.1, 0.15) is 0 Å². The molecule has 1 rings (SSSR count). The Kier molecular flexibility index (Phi) is 3.69. The quantitative estimate of drug-likeness (QED) is 0.595. The summed E-state index contributed by atoms with van der Waals surface area (Å²) in [5.41, 5.74) is -0.00463. The van der Waals surface area contributed by atoms with Crippen LogP contribution in [0.3, 0.4) is 0 Å². The minimum Gasteiger partial charge on any atom is -0.486 e. The third-order valence-corrected chi connectivity index (χ3v) is 1.95. The zero-order chi connectivity index (χ0) is 13.1. The lowest BCUT2D eigenvalue weighted by Gasteiger charge is -2.18.